The zero-order valence-electron chi connectivity index (χ0n) is 11.6. The van der Waals surface area contributed by atoms with Gasteiger partial charge < -0.3 is 14.6 Å². The van der Waals surface area contributed by atoms with Crippen molar-refractivity contribution in [1.82, 2.24) is 0 Å². The second-order valence-electron chi connectivity index (χ2n) is 6.96. The van der Waals surface area contributed by atoms with Gasteiger partial charge in [0.2, 0.25) is 6.29 Å². The molecule has 2 aliphatic heterocycles. The first kappa shape index (κ1) is 12.5. The third-order valence-corrected chi connectivity index (χ3v) is 5.90. The Morgan fingerprint density at radius 1 is 1.35 bits per heavy atom. The summed E-state index contributed by atoms with van der Waals surface area (Å²) in [5.41, 5.74) is -0.613. The van der Waals surface area contributed by atoms with E-state index in [1.807, 2.05) is 13.8 Å². The molecule has 5 heteroatoms. The first-order chi connectivity index (χ1) is 9.40. The molecule has 0 aromatic rings. The van der Waals surface area contributed by atoms with E-state index in [9.17, 15) is 14.7 Å². The van der Waals surface area contributed by atoms with Crippen molar-refractivity contribution in [2.75, 3.05) is 6.61 Å². The van der Waals surface area contributed by atoms with Crippen LogP contribution in [0.5, 0.6) is 0 Å². The first-order valence-corrected chi connectivity index (χ1v) is 7.13. The van der Waals surface area contributed by atoms with E-state index in [-0.39, 0.29) is 24.0 Å². The molecule has 5 nitrogen and oxygen atoms in total. The molecule has 4 rings (SSSR count). The number of esters is 1. The zero-order valence-corrected chi connectivity index (χ0v) is 11.6. The molecule has 3 fully saturated rings. The number of ether oxygens (including phenoxy) is 2. The van der Waals surface area contributed by atoms with Gasteiger partial charge in [-0.25, -0.2) is 0 Å². The number of aliphatic hydroxyl groups excluding tert-OH is 1. The van der Waals surface area contributed by atoms with Crippen molar-refractivity contribution < 1.29 is 24.2 Å². The van der Waals surface area contributed by atoms with Crippen molar-refractivity contribution in [3.8, 4) is 0 Å². The van der Waals surface area contributed by atoms with Gasteiger partial charge in [0.15, 0.2) is 5.78 Å². The Morgan fingerprint density at radius 3 is 2.85 bits per heavy atom. The highest BCUT2D eigenvalue weighted by molar-refractivity contribution is 6.07. The van der Waals surface area contributed by atoms with Crippen LogP contribution in [0.3, 0.4) is 0 Å². The second-order valence-corrected chi connectivity index (χ2v) is 6.96. The van der Waals surface area contributed by atoms with Crippen molar-refractivity contribution >= 4 is 11.8 Å². The molecule has 1 spiro atoms. The van der Waals surface area contributed by atoms with Gasteiger partial charge in [0.25, 0.3) is 0 Å². The van der Waals surface area contributed by atoms with Gasteiger partial charge in [0.1, 0.15) is 5.41 Å². The summed E-state index contributed by atoms with van der Waals surface area (Å²) in [7, 11) is 0. The van der Waals surface area contributed by atoms with Crippen molar-refractivity contribution in [2.24, 2.45) is 22.7 Å². The number of ketones is 1. The summed E-state index contributed by atoms with van der Waals surface area (Å²) in [6.07, 6.45) is 1.38. The predicted molar refractivity (Wildman–Crippen MR) is 67.4 cm³/mol. The molecule has 1 saturated carbocycles. The highest BCUT2D eigenvalue weighted by Crippen LogP contribution is 2.64. The number of carbonyl (C=O) groups is 2. The first-order valence-electron chi connectivity index (χ1n) is 7.13. The van der Waals surface area contributed by atoms with Gasteiger partial charge in [0.05, 0.1) is 18.6 Å². The lowest BCUT2D eigenvalue weighted by atomic mass is 9.47. The average molecular weight is 278 g/mol. The normalized spacial score (nSPS) is 48.5. The summed E-state index contributed by atoms with van der Waals surface area (Å²) in [5.74, 6) is -1.14. The van der Waals surface area contributed by atoms with Crippen LogP contribution >= 0.6 is 0 Å². The van der Waals surface area contributed by atoms with E-state index < -0.39 is 29.2 Å². The molecular weight excluding hydrogens is 260 g/mol. The molecule has 108 valence electrons. The smallest absolute Gasteiger partial charge is 0.323 e. The van der Waals surface area contributed by atoms with E-state index in [1.54, 1.807) is 0 Å². The standard InChI is InChI=1S/C15H18O5/c1-14(2)8-4-3-7-6-19-12-11(7)15(8,13(18)20-12)10(17)5-9(14)16/h3,8-9,11-12,16H,4-6H2,1-2H3/t8-,9-,11-,12-,15+/m1/s1. The van der Waals surface area contributed by atoms with Crippen LogP contribution < -0.4 is 0 Å². The minimum atomic E-state index is -1.13. The highest BCUT2D eigenvalue weighted by Gasteiger charge is 2.74. The molecule has 20 heavy (non-hydrogen) atoms. The molecule has 0 aromatic carbocycles. The average Bonchev–Trinajstić information content (AvgIpc) is 2.91. The van der Waals surface area contributed by atoms with Crippen LogP contribution in [0.15, 0.2) is 11.6 Å². The number of Topliss-reactive ketones (excluding diaryl/α,β-unsaturated/α-hetero) is 1. The third-order valence-electron chi connectivity index (χ3n) is 5.90. The Hall–Kier alpha value is -1.20. The summed E-state index contributed by atoms with van der Waals surface area (Å²) in [4.78, 5) is 25.2. The van der Waals surface area contributed by atoms with Gasteiger partial charge >= 0.3 is 5.97 Å². The second kappa shape index (κ2) is 3.52. The summed E-state index contributed by atoms with van der Waals surface area (Å²) in [5, 5.41) is 10.3. The summed E-state index contributed by atoms with van der Waals surface area (Å²) in [6, 6.07) is 0. The lowest BCUT2D eigenvalue weighted by molar-refractivity contribution is -0.175. The van der Waals surface area contributed by atoms with E-state index in [0.29, 0.717) is 13.0 Å². The van der Waals surface area contributed by atoms with Crippen LogP contribution in [-0.2, 0) is 19.1 Å². The summed E-state index contributed by atoms with van der Waals surface area (Å²) in [6.45, 7) is 4.31. The molecule has 1 N–H and O–H groups in total. The monoisotopic (exact) mass is 278 g/mol. The predicted octanol–water partition coefficient (Wildman–Crippen LogP) is 0.808. The van der Waals surface area contributed by atoms with E-state index in [1.165, 1.54) is 0 Å². The van der Waals surface area contributed by atoms with Gasteiger partial charge in [-0.2, -0.15) is 0 Å². The van der Waals surface area contributed by atoms with E-state index in [0.717, 1.165) is 5.57 Å². The Morgan fingerprint density at radius 2 is 2.10 bits per heavy atom. The maximum atomic E-state index is 12.7. The molecule has 2 heterocycles. The van der Waals surface area contributed by atoms with Crippen LogP contribution in [-0.4, -0.2) is 35.9 Å². The fraction of sp³-hybridized carbons (Fsp3) is 0.733. The summed E-state index contributed by atoms with van der Waals surface area (Å²) >= 11 is 0. The van der Waals surface area contributed by atoms with Crippen LogP contribution in [0, 0.1) is 22.7 Å². The minimum absolute atomic E-state index is 0.0229. The number of aliphatic hydroxyl groups is 1. The number of hydrogen-bond acceptors (Lipinski definition) is 5. The number of allylic oxidation sites excluding steroid dienone is 1. The largest absolute Gasteiger partial charge is 0.434 e. The fourth-order valence-corrected chi connectivity index (χ4v) is 4.69. The lowest BCUT2D eigenvalue weighted by Crippen LogP contribution is -2.61. The SMILES string of the molecule is CC1(C)[C@H](O)CC(=O)[C@@]23C(=O)O[C@H]4OCC(=CC[C@H]12)[C@H]43. The number of hydrogen-bond donors (Lipinski definition) is 1. The van der Waals surface area contributed by atoms with Gasteiger partial charge in [0, 0.05) is 6.42 Å². The van der Waals surface area contributed by atoms with Crippen molar-refractivity contribution in [1.29, 1.82) is 0 Å². The van der Waals surface area contributed by atoms with E-state index in [2.05, 4.69) is 6.08 Å². The Kier molecular flexibility index (Phi) is 2.20. The molecule has 0 radical (unpaired) electrons. The zero-order chi connectivity index (χ0) is 14.3. The quantitative estimate of drug-likeness (QED) is 0.403. The molecular formula is C15H18O5. The molecule has 0 bridgehead atoms. The fourth-order valence-electron chi connectivity index (χ4n) is 4.69. The van der Waals surface area contributed by atoms with Crippen LogP contribution in [0.4, 0.5) is 0 Å². The minimum Gasteiger partial charge on any atom is -0.434 e. The van der Waals surface area contributed by atoms with E-state index in [4.69, 9.17) is 9.47 Å². The highest BCUT2D eigenvalue weighted by atomic mass is 16.7. The van der Waals surface area contributed by atoms with Crippen LogP contribution in [0.1, 0.15) is 26.7 Å². The molecule has 4 aliphatic rings. The molecule has 2 aliphatic carbocycles. The molecule has 0 amide bonds. The maximum Gasteiger partial charge on any atom is 0.323 e. The number of carbonyl (C=O) groups excluding carboxylic acids is 2. The topological polar surface area (TPSA) is 72.8 Å². The Labute approximate surface area is 116 Å². The molecule has 5 atom stereocenters. The summed E-state index contributed by atoms with van der Waals surface area (Å²) < 4.78 is 10.9. The number of rotatable bonds is 0. The van der Waals surface area contributed by atoms with Gasteiger partial charge in [-0.3, -0.25) is 9.59 Å². The van der Waals surface area contributed by atoms with E-state index >= 15 is 0 Å². The van der Waals surface area contributed by atoms with Gasteiger partial charge in [-0.1, -0.05) is 19.9 Å². The van der Waals surface area contributed by atoms with Crippen molar-refractivity contribution in [2.45, 2.75) is 39.1 Å². The van der Waals surface area contributed by atoms with Gasteiger partial charge in [-0.15, -0.1) is 0 Å². The van der Waals surface area contributed by atoms with Crippen molar-refractivity contribution in [3.63, 3.8) is 0 Å². The van der Waals surface area contributed by atoms with Gasteiger partial charge in [-0.05, 0) is 23.3 Å². The molecule has 0 unspecified atom stereocenters. The van der Waals surface area contributed by atoms with Crippen molar-refractivity contribution in [3.05, 3.63) is 11.6 Å². The lowest BCUT2D eigenvalue weighted by Gasteiger charge is -2.53. The Balaban J connectivity index is 1.95. The Bertz CT molecular complexity index is 548. The van der Waals surface area contributed by atoms with Crippen LogP contribution in [0.2, 0.25) is 0 Å². The molecule has 2 saturated heterocycles. The third kappa shape index (κ3) is 1.13. The molecule has 0 aromatic heterocycles. The van der Waals surface area contributed by atoms with Crippen LogP contribution in [0.25, 0.3) is 0 Å². The maximum absolute atomic E-state index is 12.7.